The zero-order chi connectivity index (χ0) is 17.1. The number of thiophene rings is 1. The molecule has 0 saturated heterocycles. The van der Waals surface area contributed by atoms with Gasteiger partial charge in [0.1, 0.15) is 10.7 Å². The van der Waals surface area contributed by atoms with Gasteiger partial charge in [-0.15, -0.1) is 11.3 Å². The van der Waals surface area contributed by atoms with Crippen molar-refractivity contribution in [2.75, 3.05) is 11.9 Å². The molecule has 1 N–H and O–H groups in total. The van der Waals surface area contributed by atoms with Crippen molar-refractivity contribution in [3.8, 4) is 0 Å². The van der Waals surface area contributed by atoms with Gasteiger partial charge in [-0.25, -0.2) is 9.18 Å². The highest BCUT2D eigenvalue weighted by molar-refractivity contribution is 7.20. The van der Waals surface area contributed by atoms with Crippen LogP contribution in [0.3, 0.4) is 0 Å². The van der Waals surface area contributed by atoms with Crippen molar-refractivity contribution >= 4 is 50.6 Å². The van der Waals surface area contributed by atoms with E-state index in [0.717, 1.165) is 16.2 Å². The second-order valence-electron chi connectivity index (χ2n) is 4.90. The molecular formula is C17H11ClFNO3S. The number of hydrogen-bond donors (Lipinski definition) is 1. The van der Waals surface area contributed by atoms with Crippen molar-refractivity contribution in [1.29, 1.82) is 0 Å². The maximum atomic E-state index is 12.9. The van der Waals surface area contributed by atoms with Crippen LogP contribution < -0.4 is 5.32 Å². The second kappa shape index (κ2) is 6.98. The smallest absolute Gasteiger partial charge is 0.348 e. The standard InChI is InChI=1S/C17H11ClFNO3S/c18-12-8-11(19)5-6-13(12)20-16(21)9-23-17(22)15-7-10-3-1-2-4-14(10)24-15/h1-8H,9H2,(H,20,21). The highest BCUT2D eigenvalue weighted by atomic mass is 35.5. The first-order valence-electron chi connectivity index (χ1n) is 6.93. The maximum absolute atomic E-state index is 12.9. The molecule has 0 unspecified atom stereocenters. The van der Waals surface area contributed by atoms with E-state index in [1.807, 2.05) is 24.3 Å². The van der Waals surface area contributed by atoms with Gasteiger partial charge in [0.15, 0.2) is 6.61 Å². The number of ether oxygens (including phenoxy) is 1. The molecule has 0 atom stereocenters. The molecule has 0 fully saturated rings. The summed E-state index contributed by atoms with van der Waals surface area (Å²) in [4.78, 5) is 24.3. The average molecular weight is 364 g/mol. The number of rotatable bonds is 4. The third-order valence-corrected chi connectivity index (χ3v) is 4.58. The Morgan fingerprint density at radius 3 is 2.71 bits per heavy atom. The lowest BCUT2D eigenvalue weighted by atomic mass is 10.2. The summed E-state index contributed by atoms with van der Waals surface area (Å²) in [6, 6.07) is 12.9. The third-order valence-electron chi connectivity index (χ3n) is 3.17. The molecule has 4 nitrogen and oxygen atoms in total. The molecular weight excluding hydrogens is 353 g/mol. The Bertz CT molecular complexity index is 892. The number of hydrogen-bond acceptors (Lipinski definition) is 4. The van der Waals surface area contributed by atoms with E-state index in [2.05, 4.69) is 5.32 Å². The van der Waals surface area contributed by atoms with Crippen molar-refractivity contribution in [3.05, 3.63) is 64.2 Å². The van der Waals surface area contributed by atoms with Crippen molar-refractivity contribution in [2.45, 2.75) is 0 Å². The molecule has 0 aliphatic rings. The molecule has 3 rings (SSSR count). The van der Waals surface area contributed by atoms with Gasteiger partial charge in [-0.3, -0.25) is 4.79 Å². The van der Waals surface area contributed by atoms with Gasteiger partial charge in [-0.2, -0.15) is 0 Å². The molecule has 2 aromatic carbocycles. The number of esters is 1. The van der Waals surface area contributed by atoms with Gasteiger partial charge in [-0.1, -0.05) is 29.8 Å². The molecule has 1 heterocycles. The molecule has 0 aliphatic heterocycles. The molecule has 0 spiro atoms. The first kappa shape index (κ1) is 16.4. The Kier molecular flexibility index (Phi) is 4.78. The molecule has 0 bridgehead atoms. The fourth-order valence-corrected chi connectivity index (χ4v) is 3.23. The molecule has 1 aromatic heterocycles. The molecule has 0 radical (unpaired) electrons. The van der Waals surface area contributed by atoms with E-state index < -0.39 is 24.3 Å². The number of nitrogens with one attached hydrogen (secondary N) is 1. The van der Waals surface area contributed by atoms with Crippen LogP contribution >= 0.6 is 22.9 Å². The normalized spacial score (nSPS) is 10.6. The Hall–Kier alpha value is -2.44. The molecule has 7 heteroatoms. The summed E-state index contributed by atoms with van der Waals surface area (Å²) in [5.41, 5.74) is 0.251. The van der Waals surface area contributed by atoms with Crippen molar-refractivity contribution in [2.24, 2.45) is 0 Å². The molecule has 0 aliphatic carbocycles. The van der Waals surface area contributed by atoms with Crippen LogP contribution in [-0.2, 0) is 9.53 Å². The molecule has 122 valence electrons. The Morgan fingerprint density at radius 1 is 1.17 bits per heavy atom. The molecule has 24 heavy (non-hydrogen) atoms. The molecule has 3 aromatic rings. The van der Waals surface area contributed by atoms with E-state index in [9.17, 15) is 14.0 Å². The fraction of sp³-hybridized carbons (Fsp3) is 0.0588. The lowest BCUT2D eigenvalue weighted by Crippen LogP contribution is -2.20. The summed E-state index contributed by atoms with van der Waals surface area (Å²) in [7, 11) is 0. The van der Waals surface area contributed by atoms with Crippen LogP contribution in [0.2, 0.25) is 5.02 Å². The summed E-state index contributed by atoms with van der Waals surface area (Å²) < 4.78 is 18.9. The van der Waals surface area contributed by atoms with Gasteiger partial charge < -0.3 is 10.1 Å². The zero-order valence-electron chi connectivity index (χ0n) is 12.2. The topological polar surface area (TPSA) is 55.4 Å². The van der Waals surface area contributed by atoms with Crippen LogP contribution in [0.5, 0.6) is 0 Å². The van der Waals surface area contributed by atoms with Gasteiger partial charge in [0.05, 0.1) is 10.7 Å². The van der Waals surface area contributed by atoms with Gasteiger partial charge in [0, 0.05) is 4.70 Å². The van der Waals surface area contributed by atoms with Crippen molar-refractivity contribution in [1.82, 2.24) is 0 Å². The minimum absolute atomic E-state index is 0.0687. The highest BCUT2D eigenvalue weighted by Gasteiger charge is 2.14. The molecule has 0 saturated carbocycles. The number of benzene rings is 2. The van der Waals surface area contributed by atoms with E-state index in [4.69, 9.17) is 16.3 Å². The van der Waals surface area contributed by atoms with E-state index in [1.54, 1.807) is 6.07 Å². The third kappa shape index (κ3) is 3.72. The summed E-state index contributed by atoms with van der Waals surface area (Å²) in [5, 5.41) is 3.47. The van der Waals surface area contributed by atoms with E-state index in [1.165, 1.54) is 23.5 Å². The second-order valence-corrected chi connectivity index (χ2v) is 6.39. The summed E-state index contributed by atoms with van der Waals surface area (Å²) >= 11 is 7.11. The Balaban J connectivity index is 1.60. The monoisotopic (exact) mass is 363 g/mol. The summed E-state index contributed by atoms with van der Waals surface area (Å²) in [6.07, 6.45) is 0. The highest BCUT2D eigenvalue weighted by Crippen LogP contribution is 2.26. The van der Waals surface area contributed by atoms with Crippen molar-refractivity contribution < 1.29 is 18.7 Å². The maximum Gasteiger partial charge on any atom is 0.348 e. The number of halogens is 2. The van der Waals surface area contributed by atoms with Crippen LogP contribution in [0.15, 0.2) is 48.5 Å². The summed E-state index contributed by atoms with van der Waals surface area (Å²) in [6.45, 7) is -0.458. The number of anilines is 1. The van der Waals surface area contributed by atoms with Gasteiger partial charge >= 0.3 is 5.97 Å². The quantitative estimate of drug-likeness (QED) is 0.695. The van der Waals surface area contributed by atoms with E-state index >= 15 is 0 Å². The average Bonchev–Trinajstić information content (AvgIpc) is 2.99. The number of carbonyl (C=O) groups is 2. The van der Waals surface area contributed by atoms with Crippen LogP contribution in [-0.4, -0.2) is 18.5 Å². The minimum atomic E-state index is -0.573. The van der Waals surface area contributed by atoms with Gasteiger partial charge in [-0.05, 0) is 35.7 Å². The van der Waals surface area contributed by atoms with E-state index in [0.29, 0.717) is 4.88 Å². The lowest BCUT2D eigenvalue weighted by Gasteiger charge is -2.07. The largest absolute Gasteiger partial charge is 0.451 e. The van der Waals surface area contributed by atoms with Gasteiger partial charge in [0.25, 0.3) is 5.91 Å². The van der Waals surface area contributed by atoms with E-state index in [-0.39, 0.29) is 10.7 Å². The predicted octanol–water partition coefficient (Wildman–Crippen LogP) is 4.49. The Morgan fingerprint density at radius 2 is 1.96 bits per heavy atom. The Labute approximate surface area is 145 Å². The minimum Gasteiger partial charge on any atom is -0.451 e. The fourth-order valence-electron chi connectivity index (χ4n) is 2.06. The number of fused-ring (bicyclic) bond motifs is 1. The number of carbonyl (C=O) groups excluding carboxylic acids is 2. The van der Waals surface area contributed by atoms with Crippen LogP contribution in [0.1, 0.15) is 9.67 Å². The SMILES string of the molecule is O=C(COC(=O)c1cc2ccccc2s1)Nc1ccc(F)cc1Cl. The first-order valence-corrected chi connectivity index (χ1v) is 8.13. The van der Waals surface area contributed by atoms with Crippen LogP contribution in [0.25, 0.3) is 10.1 Å². The van der Waals surface area contributed by atoms with Crippen LogP contribution in [0.4, 0.5) is 10.1 Å². The predicted molar refractivity (Wildman–Crippen MR) is 92.1 cm³/mol. The van der Waals surface area contributed by atoms with Gasteiger partial charge in [0.2, 0.25) is 0 Å². The zero-order valence-corrected chi connectivity index (χ0v) is 13.8. The molecule has 1 amide bonds. The number of amides is 1. The summed E-state index contributed by atoms with van der Waals surface area (Å²) in [5.74, 6) is -1.64. The van der Waals surface area contributed by atoms with Crippen molar-refractivity contribution in [3.63, 3.8) is 0 Å². The first-order chi connectivity index (χ1) is 11.5. The lowest BCUT2D eigenvalue weighted by molar-refractivity contribution is -0.119. The van der Waals surface area contributed by atoms with Crippen LogP contribution in [0, 0.1) is 5.82 Å².